The number of hydrogen-bond donors (Lipinski definition) is 2. The van der Waals surface area contributed by atoms with Crippen LogP contribution in [-0.2, 0) is 11.2 Å². The number of benzene rings is 1. The van der Waals surface area contributed by atoms with Gasteiger partial charge in [0.05, 0.1) is 22.6 Å². The molecule has 2 N–H and O–H groups in total. The van der Waals surface area contributed by atoms with Crippen molar-refractivity contribution in [2.75, 3.05) is 13.7 Å². The molecule has 0 unspecified atom stereocenters. The number of H-pyrrole nitrogens is 2. The molecule has 2 rings (SSSR count). The third-order valence-electron chi connectivity index (χ3n) is 2.49. The fraction of sp³-hybridized carbons (Fsp3) is 0.300. The lowest BCUT2D eigenvalue weighted by molar-refractivity contribution is -0.385. The van der Waals surface area contributed by atoms with E-state index >= 15 is 0 Å². The van der Waals surface area contributed by atoms with Crippen LogP contribution in [0.4, 0.5) is 5.69 Å². The number of imidazole rings is 1. The molecule has 7 nitrogen and oxygen atoms in total. The SMILES string of the molecule is COCCc1cc2[nH]c(=O)[nH]c2cc1[N+](=O)[O-]. The largest absolute Gasteiger partial charge is 0.384 e. The number of nitro benzene ring substituents is 1. The Kier molecular flexibility index (Phi) is 2.92. The maximum absolute atomic E-state index is 11.1. The normalized spacial score (nSPS) is 10.9. The average Bonchev–Trinajstić information content (AvgIpc) is 2.63. The van der Waals surface area contributed by atoms with Gasteiger partial charge in [0.25, 0.3) is 5.69 Å². The van der Waals surface area contributed by atoms with Crippen LogP contribution < -0.4 is 5.69 Å². The van der Waals surface area contributed by atoms with Gasteiger partial charge in [0.2, 0.25) is 0 Å². The summed E-state index contributed by atoms with van der Waals surface area (Å²) < 4.78 is 4.90. The number of aromatic nitrogens is 2. The monoisotopic (exact) mass is 237 g/mol. The summed E-state index contributed by atoms with van der Waals surface area (Å²) in [6.07, 6.45) is 0.427. The highest BCUT2D eigenvalue weighted by atomic mass is 16.6. The number of methoxy groups -OCH3 is 1. The van der Waals surface area contributed by atoms with Gasteiger partial charge in [0.15, 0.2) is 0 Å². The highest BCUT2D eigenvalue weighted by Gasteiger charge is 2.16. The molecule has 0 bridgehead atoms. The summed E-state index contributed by atoms with van der Waals surface area (Å²) >= 11 is 0. The first-order valence-corrected chi connectivity index (χ1v) is 5.00. The molecule has 0 aliphatic rings. The lowest BCUT2D eigenvalue weighted by Gasteiger charge is -2.02. The highest BCUT2D eigenvalue weighted by molar-refractivity contribution is 5.79. The number of rotatable bonds is 4. The molecule has 0 atom stereocenters. The van der Waals surface area contributed by atoms with Crippen LogP contribution in [0.15, 0.2) is 16.9 Å². The molecule has 0 aliphatic heterocycles. The van der Waals surface area contributed by atoms with E-state index in [0.717, 1.165) is 0 Å². The minimum absolute atomic E-state index is 0.00944. The molecule has 90 valence electrons. The third kappa shape index (κ3) is 2.18. The van der Waals surface area contributed by atoms with E-state index in [2.05, 4.69) is 9.97 Å². The first-order valence-electron chi connectivity index (χ1n) is 5.00. The second kappa shape index (κ2) is 4.38. The molecule has 0 saturated heterocycles. The Balaban J connectivity index is 2.57. The number of nitrogens with one attached hydrogen (secondary N) is 2. The number of hydrogen-bond acceptors (Lipinski definition) is 4. The van der Waals surface area contributed by atoms with Gasteiger partial charge < -0.3 is 14.7 Å². The highest BCUT2D eigenvalue weighted by Crippen LogP contribution is 2.23. The van der Waals surface area contributed by atoms with Gasteiger partial charge in [-0.3, -0.25) is 10.1 Å². The summed E-state index contributed by atoms with van der Waals surface area (Å²) in [4.78, 5) is 26.6. The van der Waals surface area contributed by atoms with Crippen molar-refractivity contribution in [1.82, 2.24) is 9.97 Å². The number of nitrogens with zero attached hydrogens (tertiary/aromatic N) is 1. The summed E-state index contributed by atoms with van der Waals surface area (Å²) in [6.45, 7) is 0.390. The molecule has 17 heavy (non-hydrogen) atoms. The predicted molar refractivity (Wildman–Crippen MR) is 61.2 cm³/mol. The van der Waals surface area contributed by atoms with Crippen LogP contribution in [0.5, 0.6) is 0 Å². The quantitative estimate of drug-likeness (QED) is 0.610. The first-order chi connectivity index (χ1) is 8.11. The lowest BCUT2D eigenvalue weighted by atomic mass is 10.1. The Hall–Kier alpha value is -2.15. The average molecular weight is 237 g/mol. The van der Waals surface area contributed by atoms with Crippen molar-refractivity contribution in [1.29, 1.82) is 0 Å². The van der Waals surface area contributed by atoms with E-state index in [0.29, 0.717) is 29.6 Å². The van der Waals surface area contributed by atoms with Crippen molar-refractivity contribution in [3.05, 3.63) is 38.3 Å². The van der Waals surface area contributed by atoms with Crippen LogP contribution in [0.2, 0.25) is 0 Å². The zero-order valence-electron chi connectivity index (χ0n) is 9.15. The van der Waals surface area contributed by atoms with E-state index in [1.54, 1.807) is 6.07 Å². The van der Waals surface area contributed by atoms with Gasteiger partial charge in [-0.25, -0.2) is 4.79 Å². The molecule has 7 heteroatoms. The van der Waals surface area contributed by atoms with Crippen molar-refractivity contribution in [2.24, 2.45) is 0 Å². The van der Waals surface area contributed by atoms with Gasteiger partial charge in [-0.2, -0.15) is 0 Å². The second-order valence-electron chi connectivity index (χ2n) is 3.61. The summed E-state index contributed by atoms with van der Waals surface area (Å²) in [6, 6.07) is 2.96. The molecular formula is C10H11N3O4. The zero-order chi connectivity index (χ0) is 12.4. The molecule has 0 aliphatic carbocycles. The number of nitro groups is 1. The molecule has 0 spiro atoms. The first kappa shape index (κ1) is 11.3. The molecule has 1 aromatic carbocycles. The molecule has 0 saturated carbocycles. The topological polar surface area (TPSA) is 101 Å². The van der Waals surface area contributed by atoms with E-state index in [1.807, 2.05) is 0 Å². The smallest absolute Gasteiger partial charge is 0.323 e. The molecule has 1 aromatic heterocycles. The van der Waals surface area contributed by atoms with Crippen LogP contribution in [0.1, 0.15) is 5.56 Å². The Labute approximate surface area is 95.6 Å². The minimum atomic E-state index is -0.463. The number of ether oxygens (including phenoxy) is 1. The van der Waals surface area contributed by atoms with E-state index in [9.17, 15) is 14.9 Å². The van der Waals surface area contributed by atoms with E-state index in [4.69, 9.17) is 4.74 Å². The molecule has 0 fully saturated rings. The standard InChI is InChI=1S/C10H11N3O4/c1-17-3-2-6-4-7-8(12-10(14)11-7)5-9(6)13(15)16/h4-5H,2-3H2,1H3,(H2,11,12,14). The van der Waals surface area contributed by atoms with Gasteiger partial charge in [0.1, 0.15) is 0 Å². The summed E-state index contributed by atoms with van der Waals surface area (Å²) in [7, 11) is 1.53. The molecule has 0 amide bonds. The van der Waals surface area contributed by atoms with Crippen molar-refractivity contribution >= 4 is 16.7 Å². The Morgan fingerprint density at radius 1 is 1.35 bits per heavy atom. The zero-order valence-corrected chi connectivity index (χ0v) is 9.15. The van der Waals surface area contributed by atoms with Gasteiger partial charge in [-0.15, -0.1) is 0 Å². The minimum Gasteiger partial charge on any atom is -0.384 e. The number of aromatic amines is 2. The van der Waals surface area contributed by atoms with Crippen LogP contribution in [0, 0.1) is 10.1 Å². The predicted octanol–water partition coefficient (Wildman–Crippen LogP) is 0.953. The van der Waals surface area contributed by atoms with E-state index < -0.39 is 4.92 Å². The van der Waals surface area contributed by atoms with Gasteiger partial charge >= 0.3 is 5.69 Å². The maximum Gasteiger partial charge on any atom is 0.323 e. The maximum atomic E-state index is 11.1. The van der Waals surface area contributed by atoms with Crippen LogP contribution in [0.3, 0.4) is 0 Å². The summed E-state index contributed by atoms with van der Waals surface area (Å²) in [5.41, 5.74) is 1.15. The van der Waals surface area contributed by atoms with Gasteiger partial charge in [-0.1, -0.05) is 0 Å². The molecule has 0 radical (unpaired) electrons. The fourth-order valence-corrected chi connectivity index (χ4v) is 1.70. The fourth-order valence-electron chi connectivity index (χ4n) is 1.70. The van der Waals surface area contributed by atoms with Crippen molar-refractivity contribution in [2.45, 2.75) is 6.42 Å². The Morgan fingerprint density at radius 2 is 2.00 bits per heavy atom. The van der Waals surface area contributed by atoms with Crippen LogP contribution >= 0.6 is 0 Å². The number of fused-ring (bicyclic) bond motifs is 1. The molecular weight excluding hydrogens is 226 g/mol. The van der Waals surface area contributed by atoms with E-state index in [1.165, 1.54) is 13.2 Å². The molecule has 2 aromatic rings. The van der Waals surface area contributed by atoms with Crippen molar-refractivity contribution in [3.63, 3.8) is 0 Å². The second-order valence-corrected chi connectivity index (χ2v) is 3.61. The summed E-state index contributed by atoms with van der Waals surface area (Å²) in [5, 5.41) is 10.9. The molecule has 1 heterocycles. The van der Waals surface area contributed by atoms with Crippen molar-refractivity contribution in [3.8, 4) is 0 Å². The van der Waals surface area contributed by atoms with Crippen molar-refractivity contribution < 1.29 is 9.66 Å². The van der Waals surface area contributed by atoms with Crippen LogP contribution in [-0.4, -0.2) is 28.6 Å². The van der Waals surface area contributed by atoms with Gasteiger partial charge in [0, 0.05) is 25.2 Å². The summed E-state index contributed by atoms with van der Waals surface area (Å²) in [5.74, 6) is 0. The van der Waals surface area contributed by atoms with Gasteiger partial charge in [-0.05, 0) is 6.07 Å². The third-order valence-corrected chi connectivity index (χ3v) is 2.49. The lowest BCUT2D eigenvalue weighted by Crippen LogP contribution is -2.00. The Morgan fingerprint density at radius 3 is 2.59 bits per heavy atom. The van der Waals surface area contributed by atoms with E-state index in [-0.39, 0.29) is 11.4 Å². The van der Waals surface area contributed by atoms with Crippen LogP contribution in [0.25, 0.3) is 11.0 Å². The Bertz CT molecular complexity index is 614.